The standard InChI is InChI=1S/C16H22N4O/c1-4-17-15-13-8-6-5-7-12(13)14(11-19-15)16(21)18-9-10-20(2)3/h5-8,11H,4,9-10H2,1-3H3,(H,17,19)(H,18,21). The van der Waals surface area contributed by atoms with Gasteiger partial charge in [0.05, 0.1) is 5.56 Å². The fraction of sp³-hybridized carbons (Fsp3) is 0.375. The minimum Gasteiger partial charge on any atom is -0.370 e. The van der Waals surface area contributed by atoms with E-state index < -0.39 is 0 Å². The molecule has 0 saturated carbocycles. The number of carbonyl (C=O) groups is 1. The molecule has 0 saturated heterocycles. The van der Waals surface area contributed by atoms with Gasteiger partial charge in [-0.15, -0.1) is 0 Å². The first-order valence-corrected chi connectivity index (χ1v) is 7.18. The summed E-state index contributed by atoms with van der Waals surface area (Å²) in [4.78, 5) is 18.7. The van der Waals surface area contributed by atoms with Crippen LogP contribution < -0.4 is 10.6 Å². The van der Waals surface area contributed by atoms with Crippen molar-refractivity contribution in [1.29, 1.82) is 0 Å². The van der Waals surface area contributed by atoms with Crippen molar-refractivity contribution in [2.24, 2.45) is 0 Å². The summed E-state index contributed by atoms with van der Waals surface area (Å²) in [5.74, 6) is 0.738. The topological polar surface area (TPSA) is 57.3 Å². The molecular formula is C16H22N4O. The lowest BCUT2D eigenvalue weighted by Gasteiger charge is -2.13. The Balaban J connectivity index is 2.28. The number of anilines is 1. The molecular weight excluding hydrogens is 264 g/mol. The van der Waals surface area contributed by atoms with Gasteiger partial charge in [0.15, 0.2) is 0 Å². The molecule has 2 aromatic rings. The number of aromatic nitrogens is 1. The second-order valence-electron chi connectivity index (χ2n) is 5.16. The average molecular weight is 286 g/mol. The Kier molecular flexibility index (Phi) is 5.11. The quantitative estimate of drug-likeness (QED) is 0.852. The molecule has 112 valence electrons. The van der Waals surface area contributed by atoms with E-state index >= 15 is 0 Å². The summed E-state index contributed by atoms with van der Waals surface area (Å²) >= 11 is 0. The molecule has 2 rings (SSSR count). The van der Waals surface area contributed by atoms with Crippen molar-refractivity contribution < 1.29 is 4.79 Å². The van der Waals surface area contributed by atoms with Crippen molar-refractivity contribution in [2.75, 3.05) is 39.0 Å². The summed E-state index contributed by atoms with van der Waals surface area (Å²) in [5, 5.41) is 8.05. The first-order valence-electron chi connectivity index (χ1n) is 7.18. The molecule has 2 N–H and O–H groups in total. The third kappa shape index (κ3) is 3.70. The highest BCUT2D eigenvalue weighted by atomic mass is 16.1. The van der Waals surface area contributed by atoms with E-state index in [0.717, 1.165) is 29.7 Å². The monoisotopic (exact) mass is 286 g/mol. The highest BCUT2D eigenvalue weighted by Crippen LogP contribution is 2.24. The Hall–Kier alpha value is -2.14. The number of pyridine rings is 1. The molecule has 0 bridgehead atoms. The number of likely N-dealkylation sites (N-methyl/N-ethyl adjacent to an activating group) is 1. The van der Waals surface area contributed by atoms with Crippen LogP contribution >= 0.6 is 0 Å². The van der Waals surface area contributed by atoms with E-state index in [1.54, 1.807) is 6.20 Å². The van der Waals surface area contributed by atoms with Gasteiger partial charge in [0.1, 0.15) is 5.82 Å². The number of carbonyl (C=O) groups excluding carboxylic acids is 1. The Bertz CT molecular complexity index is 625. The first-order chi connectivity index (χ1) is 10.1. The lowest BCUT2D eigenvalue weighted by Crippen LogP contribution is -2.31. The van der Waals surface area contributed by atoms with E-state index in [0.29, 0.717) is 12.1 Å². The van der Waals surface area contributed by atoms with Crippen molar-refractivity contribution in [1.82, 2.24) is 15.2 Å². The maximum atomic E-state index is 12.3. The Labute approximate surface area is 125 Å². The average Bonchev–Trinajstić information content (AvgIpc) is 2.47. The van der Waals surface area contributed by atoms with Gasteiger partial charge in [-0.2, -0.15) is 0 Å². The summed E-state index contributed by atoms with van der Waals surface area (Å²) in [6.07, 6.45) is 1.64. The lowest BCUT2D eigenvalue weighted by molar-refractivity contribution is 0.0952. The van der Waals surface area contributed by atoms with Crippen molar-refractivity contribution in [2.45, 2.75) is 6.92 Å². The van der Waals surface area contributed by atoms with Crippen LogP contribution in [-0.4, -0.2) is 49.5 Å². The van der Waals surface area contributed by atoms with Gasteiger partial charge in [0.25, 0.3) is 5.91 Å². The first kappa shape index (κ1) is 15.3. The number of amides is 1. The second-order valence-corrected chi connectivity index (χ2v) is 5.16. The molecule has 0 unspecified atom stereocenters. The van der Waals surface area contributed by atoms with Gasteiger partial charge in [0.2, 0.25) is 0 Å². The molecule has 5 heteroatoms. The fourth-order valence-electron chi connectivity index (χ4n) is 2.17. The van der Waals surface area contributed by atoms with Crippen molar-refractivity contribution in [3.05, 3.63) is 36.0 Å². The number of hydrogen-bond acceptors (Lipinski definition) is 4. The zero-order valence-electron chi connectivity index (χ0n) is 12.8. The second kappa shape index (κ2) is 7.04. The minimum atomic E-state index is -0.0800. The van der Waals surface area contributed by atoms with Crippen LogP contribution in [0.4, 0.5) is 5.82 Å². The molecule has 0 aliphatic carbocycles. The van der Waals surface area contributed by atoms with Gasteiger partial charge in [0, 0.05) is 31.2 Å². The van der Waals surface area contributed by atoms with Crippen molar-refractivity contribution in [3.63, 3.8) is 0 Å². The van der Waals surface area contributed by atoms with E-state index in [9.17, 15) is 4.79 Å². The number of hydrogen-bond donors (Lipinski definition) is 2. The largest absolute Gasteiger partial charge is 0.370 e. The molecule has 1 heterocycles. The fourth-order valence-corrected chi connectivity index (χ4v) is 2.17. The smallest absolute Gasteiger partial charge is 0.253 e. The zero-order chi connectivity index (χ0) is 15.2. The van der Waals surface area contributed by atoms with Gasteiger partial charge in [-0.1, -0.05) is 24.3 Å². The molecule has 0 aliphatic heterocycles. The van der Waals surface area contributed by atoms with Crippen LogP contribution in [0, 0.1) is 0 Å². The maximum absolute atomic E-state index is 12.3. The third-order valence-electron chi connectivity index (χ3n) is 3.23. The number of rotatable bonds is 6. The predicted octanol–water partition coefficient (Wildman–Crippen LogP) is 1.96. The van der Waals surface area contributed by atoms with Crippen LogP contribution in [0.25, 0.3) is 10.8 Å². The maximum Gasteiger partial charge on any atom is 0.253 e. The Morgan fingerprint density at radius 1 is 1.24 bits per heavy atom. The van der Waals surface area contributed by atoms with E-state index in [1.807, 2.05) is 50.2 Å². The van der Waals surface area contributed by atoms with E-state index in [1.165, 1.54) is 0 Å². The van der Waals surface area contributed by atoms with Gasteiger partial charge in [-0.05, 0) is 26.4 Å². The summed E-state index contributed by atoms with van der Waals surface area (Å²) < 4.78 is 0. The molecule has 1 aromatic carbocycles. The van der Waals surface area contributed by atoms with Crippen LogP contribution in [0.5, 0.6) is 0 Å². The van der Waals surface area contributed by atoms with E-state index in [-0.39, 0.29) is 5.91 Å². The molecule has 0 spiro atoms. The van der Waals surface area contributed by atoms with Crippen LogP contribution in [0.1, 0.15) is 17.3 Å². The number of fused-ring (bicyclic) bond motifs is 1. The molecule has 0 fully saturated rings. The highest BCUT2D eigenvalue weighted by Gasteiger charge is 2.12. The summed E-state index contributed by atoms with van der Waals surface area (Å²) in [5.41, 5.74) is 0.617. The van der Waals surface area contributed by atoms with Gasteiger partial charge in [-0.3, -0.25) is 4.79 Å². The third-order valence-corrected chi connectivity index (χ3v) is 3.23. The van der Waals surface area contributed by atoms with Crippen LogP contribution in [0.15, 0.2) is 30.5 Å². The van der Waals surface area contributed by atoms with Gasteiger partial charge < -0.3 is 15.5 Å². The molecule has 1 aromatic heterocycles. The van der Waals surface area contributed by atoms with Crippen LogP contribution in [-0.2, 0) is 0 Å². The molecule has 5 nitrogen and oxygen atoms in total. The lowest BCUT2D eigenvalue weighted by atomic mass is 10.1. The van der Waals surface area contributed by atoms with Crippen molar-refractivity contribution in [3.8, 4) is 0 Å². The molecule has 1 amide bonds. The molecule has 0 atom stereocenters. The van der Waals surface area contributed by atoms with Gasteiger partial charge >= 0.3 is 0 Å². The van der Waals surface area contributed by atoms with E-state index in [4.69, 9.17) is 0 Å². The number of benzene rings is 1. The Morgan fingerprint density at radius 2 is 1.95 bits per heavy atom. The van der Waals surface area contributed by atoms with Crippen LogP contribution in [0.2, 0.25) is 0 Å². The molecule has 21 heavy (non-hydrogen) atoms. The number of nitrogens with one attached hydrogen (secondary N) is 2. The summed E-state index contributed by atoms with van der Waals surface area (Å²) in [7, 11) is 3.96. The Morgan fingerprint density at radius 3 is 2.62 bits per heavy atom. The normalized spacial score (nSPS) is 10.9. The SMILES string of the molecule is CCNc1ncc(C(=O)NCCN(C)C)c2ccccc12. The highest BCUT2D eigenvalue weighted by molar-refractivity contribution is 6.09. The molecule has 0 aliphatic rings. The summed E-state index contributed by atoms with van der Waals surface area (Å²) in [6.45, 7) is 4.26. The van der Waals surface area contributed by atoms with Crippen LogP contribution in [0.3, 0.4) is 0 Å². The number of nitrogens with zero attached hydrogens (tertiary/aromatic N) is 2. The summed E-state index contributed by atoms with van der Waals surface area (Å²) in [6, 6.07) is 7.84. The minimum absolute atomic E-state index is 0.0800. The zero-order valence-corrected chi connectivity index (χ0v) is 12.8. The van der Waals surface area contributed by atoms with Crippen molar-refractivity contribution >= 4 is 22.5 Å². The van der Waals surface area contributed by atoms with Gasteiger partial charge in [-0.25, -0.2) is 4.98 Å². The predicted molar refractivity (Wildman–Crippen MR) is 86.8 cm³/mol. The molecule has 0 radical (unpaired) electrons. The van der Waals surface area contributed by atoms with E-state index in [2.05, 4.69) is 15.6 Å².